The summed E-state index contributed by atoms with van der Waals surface area (Å²) in [5.74, 6) is 2.26. The maximum atomic E-state index is 5.74. The summed E-state index contributed by atoms with van der Waals surface area (Å²) in [6.45, 7) is 2.46. The van der Waals surface area contributed by atoms with Crippen LogP contribution in [0.5, 0.6) is 0 Å². The molecule has 2 aromatic rings. The summed E-state index contributed by atoms with van der Waals surface area (Å²) in [5.41, 5.74) is 5.74. The maximum absolute atomic E-state index is 5.74. The minimum Gasteiger partial charge on any atom is -0.370 e. The van der Waals surface area contributed by atoms with Crippen molar-refractivity contribution in [1.82, 2.24) is 15.1 Å². The first-order valence-electron chi connectivity index (χ1n) is 6.07. The number of anilines is 1. The Morgan fingerprint density at radius 3 is 2.95 bits per heavy atom. The van der Waals surface area contributed by atoms with Crippen LogP contribution in [0.25, 0.3) is 0 Å². The van der Waals surface area contributed by atoms with Gasteiger partial charge in [0.25, 0.3) is 0 Å². The average molecular weight is 388 g/mol. The van der Waals surface area contributed by atoms with E-state index in [1.54, 1.807) is 6.20 Å². The Balaban J connectivity index is 0.00000200. The largest absolute Gasteiger partial charge is 0.370 e. The van der Waals surface area contributed by atoms with E-state index in [0.717, 1.165) is 6.42 Å². The summed E-state index contributed by atoms with van der Waals surface area (Å²) in [7, 11) is 0. The van der Waals surface area contributed by atoms with E-state index in [0.29, 0.717) is 36.5 Å². The van der Waals surface area contributed by atoms with Gasteiger partial charge in [0, 0.05) is 25.6 Å². The summed E-state index contributed by atoms with van der Waals surface area (Å²) in [6.07, 6.45) is 3.01. The number of halogens is 1. The molecule has 3 N–H and O–H groups in total. The molecule has 2 aromatic heterocycles. The van der Waals surface area contributed by atoms with E-state index in [1.807, 2.05) is 25.1 Å². The number of aromatic nitrogens is 3. The molecule has 0 saturated heterocycles. The molecule has 0 unspecified atom stereocenters. The number of nitrogens with one attached hydrogen (secondary N) is 1. The number of nitrogens with zero attached hydrogens (tertiary/aromatic N) is 4. The Hall–Kier alpha value is -1.71. The van der Waals surface area contributed by atoms with Gasteiger partial charge in [0.05, 0.1) is 0 Å². The number of nitrogens with two attached hydrogens (primary N) is 1. The third-order valence-corrected chi connectivity index (χ3v) is 2.35. The smallest absolute Gasteiger partial charge is 0.226 e. The molecule has 0 aliphatic rings. The molecule has 108 valence electrons. The van der Waals surface area contributed by atoms with Crippen LogP contribution in [0.4, 0.5) is 5.82 Å². The number of rotatable bonds is 5. The molecule has 0 radical (unpaired) electrons. The van der Waals surface area contributed by atoms with Crippen molar-refractivity contribution >= 4 is 35.8 Å². The van der Waals surface area contributed by atoms with E-state index in [-0.39, 0.29) is 24.0 Å². The molecular formula is C12H17IN6O. The third-order valence-electron chi connectivity index (χ3n) is 2.35. The molecular weight excluding hydrogens is 371 g/mol. The van der Waals surface area contributed by atoms with E-state index in [4.69, 9.17) is 10.3 Å². The number of guanidine groups is 1. The van der Waals surface area contributed by atoms with Crippen molar-refractivity contribution in [2.45, 2.75) is 19.8 Å². The molecule has 0 atom stereocenters. The molecule has 0 aliphatic carbocycles. The normalized spacial score (nSPS) is 10.9. The van der Waals surface area contributed by atoms with Crippen LogP contribution in [0.2, 0.25) is 0 Å². The number of hydrogen-bond donors (Lipinski definition) is 2. The lowest BCUT2D eigenvalue weighted by molar-refractivity contribution is 0.376. The summed E-state index contributed by atoms with van der Waals surface area (Å²) in [6, 6.07) is 5.52. The predicted molar refractivity (Wildman–Crippen MR) is 87.1 cm³/mol. The zero-order valence-electron chi connectivity index (χ0n) is 11.1. The topological polar surface area (TPSA) is 102 Å². The van der Waals surface area contributed by atoms with Crippen molar-refractivity contribution < 1.29 is 4.52 Å². The van der Waals surface area contributed by atoms with Crippen molar-refractivity contribution in [2.24, 2.45) is 10.7 Å². The van der Waals surface area contributed by atoms with Crippen LogP contribution < -0.4 is 11.1 Å². The van der Waals surface area contributed by atoms with Crippen molar-refractivity contribution in [3.8, 4) is 0 Å². The first-order chi connectivity index (χ1) is 9.28. The Bertz CT molecular complexity index is 542. The number of aliphatic imine (C=N–C) groups is 1. The fraction of sp³-hybridized carbons (Fsp3) is 0.333. The molecule has 0 saturated carbocycles. The quantitative estimate of drug-likeness (QED) is 0.459. The molecule has 0 aliphatic heterocycles. The monoisotopic (exact) mass is 388 g/mol. The van der Waals surface area contributed by atoms with Crippen LogP contribution >= 0.6 is 24.0 Å². The van der Waals surface area contributed by atoms with Crippen LogP contribution in [0.3, 0.4) is 0 Å². The van der Waals surface area contributed by atoms with Gasteiger partial charge in [-0.3, -0.25) is 4.99 Å². The van der Waals surface area contributed by atoms with Crippen molar-refractivity contribution in [3.63, 3.8) is 0 Å². The Labute approximate surface area is 134 Å². The maximum Gasteiger partial charge on any atom is 0.226 e. The zero-order valence-corrected chi connectivity index (χ0v) is 13.4. The van der Waals surface area contributed by atoms with Crippen LogP contribution in [0.15, 0.2) is 33.9 Å². The van der Waals surface area contributed by atoms with Gasteiger partial charge in [-0.15, -0.1) is 24.0 Å². The lowest BCUT2D eigenvalue weighted by Crippen LogP contribution is -2.23. The van der Waals surface area contributed by atoms with Gasteiger partial charge in [-0.25, -0.2) is 4.98 Å². The fourth-order valence-corrected chi connectivity index (χ4v) is 1.42. The predicted octanol–water partition coefficient (Wildman–Crippen LogP) is 1.61. The standard InChI is InChI=1S/C12H16N6O.HI/c1-2-11-16-10(18-19-11)6-8-15-12(13)17-9-5-3-4-7-14-9;/h3-5,7H,2,6,8H2,1H3,(H3,13,14,15,17);1H. The van der Waals surface area contributed by atoms with Gasteiger partial charge in [-0.05, 0) is 12.1 Å². The molecule has 2 rings (SSSR count). The van der Waals surface area contributed by atoms with E-state index in [9.17, 15) is 0 Å². The van der Waals surface area contributed by atoms with Gasteiger partial charge in [0.2, 0.25) is 5.89 Å². The second-order valence-corrected chi connectivity index (χ2v) is 3.81. The number of pyridine rings is 1. The Kier molecular flexibility index (Phi) is 6.91. The van der Waals surface area contributed by atoms with Crippen molar-refractivity contribution in [3.05, 3.63) is 36.1 Å². The highest BCUT2D eigenvalue weighted by molar-refractivity contribution is 14.0. The van der Waals surface area contributed by atoms with E-state index >= 15 is 0 Å². The van der Waals surface area contributed by atoms with Gasteiger partial charge < -0.3 is 15.6 Å². The van der Waals surface area contributed by atoms with Gasteiger partial charge in [0.1, 0.15) is 5.82 Å². The number of hydrogen-bond acceptors (Lipinski definition) is 5. The van der Waals surface area contributed by atoms with Crippen LogP contribution in [0, 0.1) is 0 Å². The molecule has 0 amide bonds. The minimum atomic E-state index is 0. The molecule has 0 aromatic carbocycles. The number of aryl methyl sites for hydroxylation is 1. The Morgan fingerprint density at radius 1 is 1.45 bits per heavy atom. The highest BCUT2D eigenvalue weighted by atomic mass is 127. The van der Waals surface area contributed by atoms with Gasteiger partial charge in [-0.2, -0.15) is 4.98 Å². The van der Waals surface area contributed by atoms with E-state index < -0.39 is 0 Å². The molecule has 0 bridgehead atoms. The molecule has 7 nitrogen and oxygen atoms in total. The second-order valence-electron chi connectivity index (χ2n) is 3.81. The average Bonchev–Trinajstić information content (AvgIpc) is 2.88. The van der Waals surface area contributed by atoms with Crippen LogP contribution in [-0.4, -0.2) is 27.6 Å². The summed E-state index contributed by atoms with van der Waals surface area (Å²) in [5, 5.41) is 6.74. The first kappa shape index (κ1) is 16.3. The van der Waals surface area contributed by atoms with Crippen molar-refractivity contribution in [2.75, 3.05) is 11.9 Å². The Morgan fingerprint density at radius 2 is 2.30 bits per heavy atom. The van der Waals surface area contributed by atoms with Gasteiger partial charge >= 0.3 is 0 Å². The summed E-state index contributed by atoms with van der Waals surface area (Å²) in [4.78, 5) is 12.4. The van der Waals surface area contributed by atoms with Crippen molar-refractivity contribution in [1.29, 1.82) is 0 Å². The van der Waals surface area contributed by atoms with Gasteiger partial charge in [0.15, 0.2) is 11.8 Å². The highest BCUT2D eigenvalue weighted by Crippen LogP contribution is 2.00. The highest BCUT2D eigenvalue weighted by Gasteiger charge is 2.03. The van der Waals surface area contributed by atoms with E-state index in [2.05, 4.69) is 25.4 Å². The lowest BCUT2D eigenvalue weighted by Gasteiger charge is -2.03. The molecule has 0 spiro atoms. The zero-order chi connectivity index (χ0) is 13.5. The fourth-order valence-electron chi connectivity index (χ4n) is 1.42. The lowest BCUT2D eigenvalue weighted by atomic mass is 10.4. The summed E-state index contributed by atoms with van der Waals surface area (Å²) < 4.78 is 5.00. The minimum absolute atomic E-state index is 0. The van der Waals surface area contributed by atoms with Gasteiger partial charge in [-0.1, -0.05) is 18.1 Å². The van der Waals surface area contributed by atoms with Crippen LogP contribution in [0.1, 0.15) is 18.6 Å². The van der Waals surface area contributed by atoms with E-state index in [1.165, 1.54) is 0 Å². The summed E-state index contributed by atoms with van der Waals surface area (Å²) >= 11 is 0. The second kappa shape index (κ2) is 8.46. The molecule has 0 fully saturated rings. The molecule has 8 heteroatoms. The third kappa shape index (κ3) is 5.11. The first-order valence-corrected chi connectivity index (χ1v) is 6.07. The van der Waals surface area contributed by atoms with Crippen LogP contribution in [-0.2, 0) is 12.8 Å². The molecule has 20 heavy (non-hydrogen) atoms. The molecule has 2 heterocycles. The SMILES string of the molecule is CCc1nc(CCN=C(N)Nc2ccccn2)no1.I.